The second-order valence-corrected chi connectivity index (χ2v) is 8.31. The van der Waals surface area contributed by atoms with Gasteiger partial charge in [0.1, 0.15) is 17.7 Å². The van der Waals surface area contributed by atoms with Crippen LogP contribution in [0.25, 0.3) is 11.0 Å². The molecule has 9 heteroatoms. The molecule has 4 rings (SSSR count). The van der Waals surface area contributed by atoms with Gasteiger partial charge in [-0.3, -0.25) is 0 Å². The maximum atomic E-state index is 13.3. The van der Waals surface area contributed by atoms with Gasteiger partial charge in [0, 0.05) is 29.2 Å². The molecule has 0 spiro atoms. The minimum Gasteiger partial charge on any atom is -0.496 e. The van der Waals surface area contributed by atoms with E-state index in [9.17, 15) is 14.0 Å². The first kappa shape index (κ1) is 26.9. The normalized spacial score (nSPS) is 14.2. The van der Waals surface area contributed by atoms with Crippen molar-refractivity contribution in [3.05, 3.63) is 71.7 Å². The molecule has 1 saturated heterocycles. The van der Waals surface area contributed by atoms with Crippen molar-refractivity contribution in [2.45, 2.75) is 44.6 Å². The summed E-state index contributed by atoms with van der Waals surface area (Å²) in [5, 5.41) is 16.7. The number of carbonyl (C=O) groups is 2. The Morgan fingerprint density at radius 1 is 1.17 bits per heavy atom. The SMILES string of the molecule is C1CCNCC1.COc1ccccc1C(CCCc1noc2cc(F)ccc12)OC(=O)/C=C\C(=O)O. The average Bonchev–Trinajstić information content (AvgIpc) is 3.30. The number of benzene rings is 2. The van der Waals surface area contributed by atoms with E-state index in [0.717, 1.165) is 17.5 Å². The molecule has 0 bridgehead atoms. The molecule has 1 unspecified atom stereocenters. The molecule has 1 aromatic heterocycles. The number of aromatic nitrogens is 1. The fourth-order valence-corrected chi connectivity index (χ4v) is 3.93. The van der Waals surface area contributed by atoms with Crippen molar-refractivity contribution in [1.29, 1.82) is 0 Å². The molecule has 0 saturated carbocycles. The van der Waals surface area contributed by atoms with Crippen LogP contribution in [0.1, 0.15) is 49.5 Å². The van der Waals surface area contributed by atoms with E-state index < -0.39 is 23.9 Å². The van der Waals surface area contributed by atoms with Gasteiger partial charge in [0.15, 0.2) is 5.58 Å². The van der Waals surface area contributed by atoms with Gasteiger partial charge in [-0.25, -0.2) is 14.0 Å². The van der Waals surface area contributed by atoms with Crippen LogP contribution in [0.4, 0.5) is 4.39 Å². The molecule has 1 aliphatic heterocycles. The van der Waals surface area contributed by atoms with E-state index in [2.05, 4.69) is 10.5 Å². The average molecular weight is 499 g/mol. The summed E-state index contributed by atoms with van der Waals surface area (Å²) in [6.07, 6.45) is 6.69. The Hall–Kier alpha value is -3.72. The number of carboxylic acid groups (broad SMARTS) is 1. The van der Waals surface area contributed by atoms with Crippen LogP contribution in [-0.2, 0) is 20.7 Å². The topological polar surface area (TPSA) is 111 Å². The third-order valence-electron chi connectivity index (χ3n) is 5.70. The van der Waals surface area contributed by atoms with Gasteiger partial charge in [-0.1, -0.05) is 29.8 Å². The van der Waals surface area contributed by atoms with Crippen LogP contribution in [-0.4, -0.2) is 42.4 Å². The maximum Gasteiger partial charge on any atom is 0.331 e. The van der Waals surface area contributed by atoms with E-state index >= 15 is 0 Å². The van der Waals surface area contributed by atoms with Gasteiger partial charge in [-0.15, -0.1) is 0 Å². The molecule has 3 aromatic rings. The van der Waals surface area contributed by atoms with Gasteiger partial charge in [0.25, 0.3) is 0 Å². The Balaban J connectivity index is 0.000000526. The van der Waals surface area contributed by atoms with Crippen LogP contribution < -0.4 is 10.1 Å². The molecule has 36 heavy (non-hydrogen) atoms. The van der Waals surface area contributed by atoms with E-state index in [1.165, 1.54) is 51.6 Å². The Kier molecular flexibility index (Phi) is 10.4. The second kappa shape index (κ2) is 14.0. The first-order chi connectivity index (χ1) is 17.5. The molecule has 0 amide bonds. The van der Waals surface area contributed by atoms with E-state index in [1.807, 2.05) is 0 Å². The lowest BCUT2D eigenvalue weighted by molar-refractivity contribution is -0.144. The number of hydrogen-bond acceptors (Lipinski definition) is 7. The highest BCUT2D eigenvalue weighted by molar-refractivity contribution is 5.90. The van der Waals surface area contributed by atoms with E-state index in [0.29, 0.717) is 41.9 Å². The molecule has 0 radical (unpaired) electrons. The summed E-state index contributed by atoms with van der Waals surface area (Å²) in [7, 11) is 1.52. The fourth-order valence-electron chi connectivity index (χ4n) is 3.93. The predicted molar refractivity (Wildman–Crippen MR) is 132 cm³/mol. The number of para-hydroxylation sites is 1. The zero-order chi connectivity index (χ0) is 25.8. The Labute approximate surface area is 209 Å². The number of rotatable bonds is 9. The van der Waals surface area contributed by atoms with Crippen LogP contribution in [0.15, 0.2) is 59.1 Å². The summed E-state index contributed by atoms with van der Waals surface area (Å²) in [5.41, 5.74) is 1.72. The third kappa shape index (κ3) is 8.20. The molecule has 0 aliphatic carbocycles. The second-order valence-electron chi connectivity index (χ2n) is 8.31. The lowest BCUT2D eigenvalue weighted by Gasteiger charge is -2.19. The first-order valence-corrected chi connectivity index (χ1v) is 12.0. The lowest BCUT2D eigenvalue weighted by atomic mass is 10.0. The number of carbonyl (C=O) groups excluding carboxylic acids is 1. The van der Waals surface area contributed by atoms with Crippen LogP contribution in [0, 0.1) is 5.82 Å². The van der Waals surface area contributed by atoms with Gasteiger partial charge < -0.3 is 24.4 Å². The van der Waals surface area contributed by atoms with Crippen molar-refractivity contribution in [2.24, 2.45) is 0 Å². The number of carboxylic acids is 1. The summed E-state index contributed by atoms with van der Waals surface area (Å²) in [4.78, 5) is 22.7. The van der Waals surface area contributed by atoms with Crippen LogP contribution in [0.2, 0.25) is 0 Å². The van der Waals surface area contributed by atoms with Crippen LogP contribution >= 0.6 is 0 Å². The summed E-state index contributed by atoms with van der Waals surface area (Å²) in [6, 6.07) is 11.4. The molecule has 2 N–H and O–H groups in total. The highest BCUT2D eigenvalue weighted by Gasteiger charge is 2.20. The van der Waals surface area contributed by atoms with Crippen LogP contribution in [0.3, 0.4) is 0 Å². The number of hydrogen-bond donors (Lipinski definition) is 2. The highest BCUT2D eigenvalue weighted by atomic mass is 19.1. The number of fused-ring (bicyclic) bond motifs is 1. The number of halogens is 1. The number of esters is 1. The minimum absolute atomic E-state index is 0.372. The predicted octanol–water partition coefficient (Wildman–Crippen LogP) is 4.98. The van der Waals surface area contributed by atoms with Gasteiger partial charge in [-0.2, -0.15) is 0 Å². The number of aryl methyl sites for hydroxylation is 1. The van der Waals surface area contributed by atoms with Gasteiger partial charge in [0.05, 0.1) is 12.8 Å². The molecule has 8 nitrogen and oxygen atoms in total. The van der Waals surface area contributed by atoms with Crippen LogP contribution in [0.5, 0.6) is 5.75 Å². The van der Waals surface area contributed by atoms with Crippen molar-refractivity contribution in [3.8, 4) is 5.75 Å². The smallest absolute Gasteiger partial charge is 0.331 e. The number of ether oxygens (including phenoxy) is 2. The standard InChI is InChI=1S/C22H20FNO6.C5H11N/c1-28-18-7-3-2-5-16(18)19(29-22(27)12-11-21(25)26)8-4-6-17-15-10-9-14(23)13-20(15)30-24-17;1-2-4-6-5-3-1/h2-3,5,7,9-13,19H,4,6,8H2,1H3,(H,25,26);6H,1-5H2/b12-11-;. The zero-order valence-electron chi connectivity index (χ0n) is 20.2. The first-order valence-electron chi connectivity index (χ1n) is 12.0. The van der Waals surface area contributed by atoms with Crippen molar-refractivity contribution >= 4 is 22.9 Å². The molecule has 2 heterocycles. The van der Waals surface area contributed by atoms with Crippen molar-refractivity contribution < 1.29 is 33.1 Å². The van der Waals surface area contributed by atoms with Crippen molar-refractivity contribution in [1.82, 2.24) is 10.5 Å². The quantitative estimate of drug-likeness (QED) is 0.314. The number of nitrogens with one attached hydrogen (secondary N) is 1. The Bertz CT molecular complexity index is 1160. The summed E-state index contributed by atoms with van der Waals surface area (Å²) in [5.74, 6) is -1.85. The maximum absolute atomic E-state index is 13.3. The molecular weight excluding hydrogens is 467 g/mol. The highest BCUT2D eigenvalue weighted by Crippen LogP contribution is 2.32. The zero-order valence-corrected chi connectivity index (χ0v) is 20.2. The Morgan fingerprint density at radius 3 is 2.61 bits per heavy atom. The third-order valence-corrected chi connectivity index (χ3v) is 5.70. The number of nitrogens with zero attached hydrogens (tertiary/aromatic N) is 1. The molecule has 1 aliphatic rings. The summed E-state index contributed by atoms with van der Waals surface area (Å²) >= 11 is 0. The fraction of sp³-hybridized carbons (Fsp3) is 0.370. The summed E-state index contributed by atoms with van der Waals surface area (Å²) < 4.78 is 29.3. The largest absolute Gasteiger partial charge is 0.496 e. The molecule has 1 fully saturated rings. The molecule has 1 atom stereocenters. The van der Waals surface area contributed by atoms with Gasteiger partial charge in [-0.05, 0) is 63.4 Å². The van der Waals surface area contributed by atoms with E-state index in [4.69, 9.17) is 19.1 Å². The Morgan fingerprint density at radius 2 is 1.94 bits per heavy atom. The summed E-state index contributed by atoms with van der Waals surface area (Å²) in [6.45, 7) is 2.50. The molecule has 2 aromatic carbocycles. The van der Waals surface area contributed by atoms with E-state index in [-0.39, 0.29) is 0 Å². The van der Waals surface area contributed by atoms with Crippen molar-refractivity contribution in [2.75, 3.05) is 20.2 Å². The number of methoxy groups -OCH3 is 1. The molecule has 192 valence electrons. The minimum atomic E-state index is -1.24. The number of piperidine rings is 1. The van der Waals surface area contributed by atoms with Gasteiger partial charge in [0.2, 0.25) is 0 Å². The monoisotopic (exact) mass is 498 g/mol. The number of aliphatic carboxylic acids is 1. The van der Waals surface area contributed by atoms with E-state index in [1.54, 1.807) is 30.3 Å². The van der Waals surface area contributed by atoms with Crippen molar-refractivity contribution in [3.63, 3.8) is 0 Å². The van der Waals surface area contributed by atoms with Gasteiger partial charge >= 0.3 is 11.9 Å². The lowest BCUT2D eigenvalue weighted by Crippen LogP contribution is -2.21. The molecular formula is C27H31FN2O6.